The second kappa shape index (κ2) is 5.44. The van der Waals surface area contributed by atoms with Crippen LogP contribution in [0.1, 0.15) is 6.92 Å². The van der Waals surface area contributed by atoms with Crippen LogP contribution in [-0.2, 0) is 9.53 Å². The van der Waals surface area contributed by atoms with Crippen molar-refractivity contribution in [3.05, 3.63) is 29.8 Å². The standard InChI is InChI=1S/C11H13F2NO2/c1-7(11(15)16-2)6-14-8-3-4-9(12)10(13)5-8/h3-5,7,14H,6H2,1-2H3. The zero-order valence-electron chi connectivity index (χ0n) is 9.09. The fraction of sp³-hybridized carbons (Fsp3) is 0.364. The maximum absolute atomic E-state index is 12.8. The predicted molar refractivity (Wildman–Crippen MR) is 56.0 cm³/mol. The normalized spacial score (nSPS) is 12.0. The zero-order chi connectivity index (χ0) is 12.1. The van der Waals surface area contributed by atoms with Gasteiger partial charge in [0.05, 0.1) is 13.0 Å². The van der Waals surface area contributed by atoms with Crippen LogP contribution in [0.5, 0.6) is 0 Å². The van der Waals surface area contributed by atoms with Crippen LogP contribution in [0.2, 0.25) is 0 Å². The molecule has 0 saturated carbocycles. The average molecular weight is 229 g/mol. The van der Waals surface area contributed by atoms with Crippen molar-refractivity contribution in [2.24, 2.45) is 5.92 Å². The molecular formula is C11H13F2NO2. The van der Waals surface area contributed by atoms with Crippen LogP contribution >= 0.6 is 0 Å². The Bertz CT molecular complexity index is 382. The van der Waals surface area contributed by atoms with Gasteiger partial charge >= 0.3 is 5.97 Å². The summed E-state index contributed by atoms with van der Waals surface area (Å²) in [6.45, 7) is 1.98. The molecule has 0 bridgehead atoms. The lowest BCUT2D eigenvalue weighted by molar-refractivity contribution is -0.144. The Hall–Kier alpha value is -1.65. The van der Waals surface area contributed by atoms with E-state index in [1.807, 2.05) is 0 Å². The van der Waals surface area contributed by atoms with Crippen LogP contribution in [0.25, 0.3) is 0 Å². The first-order valence-electron chi connectivity index (χ1n) is 4.81. The summed E-state index contributed by atoms with van der Waals surface area (Å²) in [6.07, 6.45) is 0. The molecule has 0 spiro atoms. The third kappa shape index (κ3) is 3.18. The highest BCUT2D eigenvalue weighted by atomic mass is 19.2. The molecule has 16 heavy (non-hydrogen) atoms. The van der Waals surface area contributed by atoms with Gasteiger partial charge in [-0.05, 0) is 18.2 Å². The van der Waals surface area contributed by atoms with Gasteiger partial charge in [0, 0.05) is 12.2 Å². The van der Waals surface area contributed by atoms with Crippen molar-refractivity contribution in [3.63, 3.8) is 0 Å². The molecule has 1 aromatic carbocycles. The Kier molecular flexibility index (Phi) is 4.22. The summed E-state index contributed by atoms with van der Waals surface area (Å²) in [7, 11) is 1.30. The molecule has 0 aliphatic heterocycles. The molecule has 1 rings (SSSR count). The summed E-state index contributed by atoms with van der Waals surface area (Å²) in [6, 6.07) is 3.47. The van der Waals surface area contributed by atoms with Gasteiger partial charge < -0.3 is 10.1 Å². The minimum Gasteiger partial charge on any atom is -0.469 e. The molecule has 0 aliphatic rings. The number of esters is 1. The van der Waals surface area contributed by atoms with E-state index in [2.05, 4.69) is 10.1 Å². The number of halogens is 2. The Labute approximate surface area is 92.4 Å². The molecule has 3 nitrogen and oxygen atoms in total. The van der Waals surface area contributed by atoms with Gasteiger partial charge in [0.1, 0.15) is 0 Å². The number of carbonyl (C=O) groups excluding carboxylic acids is 1. The molecule has 1 aromatic rings. The van der Waals surface area contributed by atoms with Crippen LogP contribution in [0, 0.1) is 17.6 Å². The van der Waals surface area contributed by atoms with Crippen LogP contribution < -0.4 is 5.32 Å². The zero-order valence-corrected chi connectivity index (χ0v) is 9.09. The van der Waals surface area contributed by atoms with Crippen molar-refractivity contribution in [3.8, 4) is 0 Å². The number of hydrogen-bond donors (Lipinski definition) is 1. The lowest BCUT2D eigenvalue weighted by Gasteiger charge is -2.11. The van der Waals surface area contributed by atoms with E-state index >= 15 is 0 Å². The first-order chi connectivity index (χ1) is 7.54. The third-order valence-electron chi connectivity index (χ3n) is 2.14. The Morgan fingerprint density at radius 3 is 2.69 bits per heavy atom. The molecule has 0 aliphatic carbocycles. The fourth-order valence-corrected chi connectivity index (χ4v) is 1.16. The van der Waals surface area contributed by atoms with Crippen LogP contribution in [0.4, 0.5) is 14.5 Å². The highest BCUT2D eigenvalue weighted by Crippen LogP contribution is 2.13. The quantitative estimate of drug-likeness (QED) is 0.804. The molecule has 0 radical (unpaired) electrons. The first-order valence-corrected chi connectivity index (χ1v) is 4.81. The van der Waals surface area contributed by atoms with Crippen LogP contribution in [0.15, 0.2) is 18.2 Å². The van der Waals surface area contributed by atoms with E-state index in [4.69, 9.17) is 0 Å². The SMILES string of the molecule is COC(=O)C(C)CNc1ccc(F)c(F)c1. The second-order valence-electron chi connectivity index (χ2n) is 3.43. The van der Waals surface area contributed by atoms with E-state index < -0.39 is 11.6 Å². The largest absolute Gasteiger partial charge is 0.469 e. The van der Waals surface area contributed by atoms with E-state index in [9.17, 15) is 13.6 Å². The van der Waals surface area contributed by atoms with E-state index in [1.54, 1.807) is 6.92 Å². The highest BCUT2D eigenvalue weighted by Gasteiger charge is 2.12. The summed E-state index contributed by atoms with van der Waals surface area (Å²) >= 11 is 0. The van der Waals surface area contributed by atoms with Crippen molar-refractivity contribution < 1.29 is 18.3 Å². The number of methoxy groups -OCH3 is 1. The van der Waals surface area contributed by atoms with Crippen molar-refractivity contribution in [2.75, 3.05) is 19.0 Å². The molecule has 88 valence electrons. The number of carbonyl (C=O) groups is 1. The molecule has 0 heterocycles. The van der Waals surface area contributed by atoms with Gasteiger partial charge in [0.15, 0.2) is 11.6 Å². The van der Waals surface area contributed by atoms with Gasteiger partial charge in [-0.15, -0.1) is 0 Å². The van der Waals surface area contributed by atoms with E-state index in [-0.39, 0.29) is 11.9 Å². The maximum atomic E-state index is 12.8. The number of nitrogens with one attached hydrogen (secondary N) is 1. The van der Waals surface area contributed by atoms with Crippen molar-refractivity contribution >= 4 is 11.7 Å². The van der Waals surface area contributed by atoms with Gasteiger partial charge in [-0.25, -0.2) is 8.78 Å². The third-order valence-corrected chi connectivity index (χ3v) is 2.14. The summed E-state index contributed by atoms with van der Waals surface area (Å²) in [5, 5.41) is 2.82. The molecule has 5 heteroatoms. The van der Waals surface area contributed by atoms with E-state index in [0.717, 1.165) is 12.1 Å². The Balaban J connectivity index is 2.55. The van der Waals surface area contributed by atoms with Gasteiger partial charge in [-0.2, -0.15) is 0 Å². The summed E-state index contributed by atoms with van der Waals surface area (Å²) in [5.74, 6) is -2.52. The van der Waals surface area contributed by atoms with Gasteiger partial charge in [0.25, 0.3) is 0 Å². The highest BCUT2D eigenvalue weighted by molar-refractivity contribution is 5.72. The van der Waals surface area contributed by atoms with Crippen LogP contribution in [-0.4, -0.2) is 19.6 Å². The summed E-state index contributed by atoms with van der Waals surface area (Å²) < 4.78 is 30.0. The van der Waals surface area contributed by atoms with Crippen molar-refractivity contribution in [2.45, 2.75) is 6.92 Å². The minimum absolute atomic E-state index is 0.303. The lowest BCUT2D eigenvalue weighted by atomic mass is 10.2. The fourth-order valence-electron chi connectivity index (χ4n) is 1.16. The lowest BCUT2D eigenvalue weighted by Crippen LogP contribution is -2.21. The van der Waals surface area contributed by atoms with Gasteiger partial charge in [-0.1, -0.05) is 6.92 Å². The second-order valence-corrected chi connectivity index (χ2v) is 3.43. The Morgan fingerprint density at radius 2 is 2.12 bits per heavy atom. The monoisotopic (exact) mass is 229 g/mol. The average Bonchev–Trinajstić information content (AvgIpc) is 2.29. The molecular weight excluding hydrogens is 216 g/mol. The van der Waals surface area contributed by atoms with E-state index in [0.29, 0.717) is 12.2 Å². The van der Waals surface area contributed by atoms with Crippen molar-refractivity contribution in [1.29, 1.82) is 0 Å². The number of benzene rings is 1. The van der Waals surface area contributed by atoms with Crippen LogP contribution in [0.3, 0.4) is 0 Å². The maximum Gasteiger partial charge on any atom is 0.310 e. The Morgan fingerprint density at radius 1 is 1.44 bits per heavy atom. The first kappa shape index (κ1) is 12.4. The molecule has 0 aromatic heterocycles. The predicted octanol–water partition coefficient (Wildman–Crippen LogP) is 2.19. The molecule has 0 fully saturated rings. The number of anilines is 1. The number of hydrogen-bond acceptors (Lipinski definition) is 3. The van der Waals surface area contributed by atoms with Gasteiger partial charge in [0.2, 0.25) is 0 Å². The van der Waals surface area contributed by atoms with Crippen molar-refractivity contribution in [1.82, 2.24) is 0 Å². The smallest absolute Gasteiger partial charge is 0.310 e. The number of ether oxygens (including phenoxy) is 1. The summed E-state index contributed by atoms with van der Waals surface area (Å²) in [5.41, 5.74) is 0.426. The topological polar surface area (TPSA) is 38.3 Å². The molecule has 1 N–H and O–H groups in total. The minimum atomic E-state index is -0.921. The van der Waals surface area contributed by atoms with E-state index in [1.165, 1.54) is 13.2 Å². The van der Waals surface area contributed by atoms with Gasteiger partial charge in [-0.3, -0.25) is 4.79 Å². The molecule has 1 atom stereocenters. The number of rotatable bonds is 4. The molecule has 0 saturated heterocycles. The molecule has 1 unspecified atom stereocenters. The molecule has 0 amide bonds. The summed E-state index contributed by atoms with van der Waals surface area (Å²) in [4.78, 5) is 11.1.